The molecule has 0 spiro atoms. The van der Waals surface area contributed by atoms with Crippen molar-refractivity contribution < 1.29 is 98.2 Å². The molecule has 0 saturated heterocycles. The van der Waals surface area contributed by atoms with Crippen molar-refractivity contribution in [2.75, 3.05) is 6.61 Å². The summed E-state index contributed by atoms with van der Waals surface area (Å²) in [7, 11) is -10.1. The normalized spacial score (nSPS) is 38.3. The van der Waals surface area contributed by atoms with Gasteiger partial charge in [-0.3, -0.25) is 13.2 Å². The van der Waals surface area contributed by atoms with Gasteiger partial charge in [-0.2, -0.15) is 0 Å². The molecule has 0 radical (unpaired) electrons. The molecule has 8 atom stereocenters. The Morgan fingerprint density at radius 1 is 0.860 bits per heavy atom. The molecule has 43 heavy (non-hydrogen) atoms. The van der Waals surface area contributed by atoms with Crippen LogP contribution in [0.15, 0.2) is 11.1 Å². The second-order valence-electron chi connectivity index (χ2n) is 14.9. The van der Waals surface area contributed by atoms with E-state index in [9.17, 15) is 30.7 Å². The maximum Gasteiger partial charge on any atom is 1.00 e. The first-order chi connectivity index (χ1) is 18.7. The Morgan fingerprint density at radius 2 is 1.49 bits per heavy atom. The van der Waals surface area contributed by atoms with Crippen molar-refractivity contribution in [1.82, 2.24) is 0 Å². The summed E-state index contributed by atoms with van der Waals surface area (Å²) in [5.41, 5.74) is 1.27. The van der Waals surface area contributed by atoms with Crippen molar-refractivity contribution in [3.8, 4) is 0 Å². The van der Waals surface area contributed by atoms with E-state index in [2.05, 4.69) is 41.5 Å². The number of Topliss-reactive ketones (excluding diaryl/α,β-unsaturated/α-hetero) is 1. The molecule has 0 unspecified atom stereocenters. The summed E-state index contributed by atoms with van der Waals surface area (Å²) < 4.78 is 79.0. The van der Waals surface area contributed by atoms with Gasteiger partial charge in [0.15, 0.2) is 0 Å². The topological polar surface area (TPSA) is 150 Å². The minimum absolute atomic E-state index is 0. The van der Waals surface area contributed by atoms with Gasteiger partial charge in [0.1, 0.15) is 5.78 Å². The van der Waals surface area contributed by atoms with E-state index < -0.39 is 38.9 Å². The van der Waals surface area contributed by atoms with Crippen LogP contribution in [-0.4, -0.2) is 44.4 Å². The number of fused-ring (bicyclic) bond motifs is 4. The summed E-state index contributed by atoms with van der Waals surface area (Å²) in [5.74, 6) is 1.20. The number of carbonyl (C=O) groups is 1. The summed E-state index contributed by atoms with van der Waals surface area (Å²) in [6.45, 7) is 14.5. The second kappa shape index (κ2) is 13.9. The average molecular weight is 663 g/mol. The first kappa shape index (κ1) is 40.3. The Labute approximate surface area is 304 Å². The smallest absolute Gasteiger partial charge is 0.726 e. The first-order valence-corrected chi connectivity index (χ1v) is 17.8. The first-order valence-electron chi connectivity index (χ1n) is 15.2. The third-order valence-electron chi connectivity index (χ3n) is 12.2. The van der Waals surface area contributed by atoms with E-state index in [1.807, 2.05) is 0 Å². The number of hydrogen-bond acceptors (Lipinski definition) is 9. The molecule has 4 aliphatic rings. The van der Waals surface area contributed by atoms with E-state index in [0.29, 0.717) is 49.2 Å². The van der Waals surface area contributed by atoms with Crippen LogP contribution in [0.3, 0.4) is 0 Å². The molecule has 13 heteroatoms. The maximum atomic E-state index is 12.7. The van der Waals surface area contributed by atoms with Crippen molar-refractivity contribution in [1.29, 1.82) is 0 Å². The van der Waals surface area contributed by atoms with Crippen molar-refractivity contribution in [3.63, 3.8) is 0 Å². The molecule has 0 aromatic rings. The zero-order chi connectivity index (χ0) is 30.8. The van der Waals surface area contributed by atoms with E-state index in [0.717, 1.165) is 32.1 Å². The largest absolute Gasteiger partial charge is 1.00 e. The molecule has 0 bridgehead atoms. The molecule has 9 nitrogen and oxygen atoms in total. The molecular formula is C30H48Na2O9S2. The predicted molar refractivity (Wildman–Crippen MR) is 152 cm³/mol. The van der Waals surface area contributed by atoms with Gasteiger partial charge >= 0.3 is 59.1 Å². The molecule has 2 saturated carbocycles. The van der Waals surface area contributed by atoms with E-state index in [1.165, 1.54) is 11.1 Å². The Balaban J connectivity index is 0.00000323. The van der Waals surface area contributed by atoms with Crippen LogP contribution in [0.4, 0.5) is 0 Å². The summed E-state index contributed by atoms with van der Waals surface area (Å²) in [6.07, 6.45) is 6.36. The van der Waals surface area contributed by atoms with E-state index in [1.54, 1.807) is 6.92 Å². The summed E-state index contributed by atoms with van der Waals surface area (Å²) >= 11 is 0. The Bertz CT molecular complexity index is 1300. The van der Waals surface area contributed by atoms with Gasteiger partial charge in [-0.15, -0.1) is 0 Å². The van der Waals surface area contributed by atoms with Crippen molar-refractivity contribution in [3.05, 3.63) is 11.1 Å². The molecular weight excluding hydrogens is 614 g/mol. The number of allylic oxidation sites excluding steroid dienone is 2. The quantitative estimate of drug-likeness (QED) is 0.133. The van der Waals surface area contributed by atoms with Crippen molar-refractivity contribution in [2.24, 2.45) is 45.3 Å². The van der Waals surface area contributed by atoms with Gasteiger partial charge in [-0.1, -0.05) is 59.6 Å². The van der Waals surface area contributed by atoms with Gasteiger partial charge in [-0.25, -0.2) is 16.8 Å². The molecule has 0 aromatic heterocycles. The SMILES string of the molecule is CC(C)CC(=O)C[C@@H](C)[C@H]1CC[C@@]2(C)C3=C(CC[C@]12C)[C@@]1(C)CC[C@H](OS(=O)(=O)[O-])[C@@](C)(COS(=O)(=O)[O-])[C@@H]1CC3.[Na+].[Na+]. The van der Waals surface area contributed by atoms with Crippen LogP contribution in [-0.2, 0) is 34.0 Å². The Morgan fingerprint density at radius 3 is 2.05 bits per heavy atom. The van der Waals surface area contributed by atoms with Crippen LogP contribution < -0.4 is 59.1 Å². The summed E-state index contributed by atoms with van der Waals surface area (Å²) in [5, 5.41) is 0. The number of rotatable bonds is 10. The molecule has 4 rings (SSSR count). The van der Waals surface area contributed by atoms with E-state index >= 15 is 0 Å². The fraction of sp³-hybridized carbons (Fsp3) is 0.900. The third kappa shape index (κ3) is 7.74. The predicted octanol–water partition coefficient (Wildman–Crippen LogP) is -0.313. The van der Waals surface area contributed by atoms with Crippen LogP contribution >= 0.6 is 0 Å². The fourth-order valence-corrected chi connectivity index (χ4v) is 11.2. The van der Waals surface area contributed by atoms with Crippen molar-refractivity contribution in [2.45, 2.75) is 119 Å². The van der Waals surface area contributed by atoms with Gasteiger partial charge in [0.25, 0.3) is 0 Å². The van der Waals surface area contributed by atoms with Crippen LogP contribution in [0.25, 0.3) is 0 Å². The molecule has 0 N–H and O–H groups in total. The average Bonchev–Trinajstić information content (AvgIpc) is 3.09. The van der Waals surface area contributed by atoms with E-state index in [4.69, 9.17) is 8.37 Å². The zero-order valence-electron chi connectivity index (χ0n) is 27.7. The molecule has 0 aliphatic heterocycles. The molecule has 0 heterocycles. The summed E-state index contributed by atoms with van der Waals surface area (Å²) in [4.78, 5) is 12.7. The van der Waals surface area contributed by atoms with Gasteiger partial charge in [0.2, 0.25) is 20.8 Å². The Hall–Kier alpha value is 1.15. The van der Waals surface area contributed by atoms with Crippen LogP contribution in [0, 0.1) is 45.3 Å². The van der Waals surface area contributed by atoms with E-state index in [-0.39, 0.29) is 87.7 Å². The number of hydrogen-bond donors (Lipinski definition) is 0. The molecule has 0 amide bonds. The molecule has 236 valence electrons. The second-order valence-corrected chi connectivity index (χ2v) is 16.9. The van der Waals surface area contributed by atoms with Gasteiger partial charge in [0.05, 0.1) is 12.7 Å². The fourth-order valence-electron chi connectivity index (χ4n) is 10.2. The number of ketones is 1. The minimum atomic E-state index is -5.06. The van der Waals surface area contributed by atoms with Gasteiger partial charge in [0, 0.05) is 18.3 Å². The van der Waals surface area contributed by atoms with Crippen LogP contribution in [0.2, 0.25) is 0 Å². The molecule has 2 fully saturated rings. The maximum absolute atomic E-state index is 12.7. The van der Waals surface area contributed by atoms with Crippen LogP contribution in [0.5, 0.6) is 0 Å². The Kier molecular flexibility index (Phi) is 13.1. The van der Waals surface area contributed by atoms with Gasteiger partial charge < -0.3 is 9.11 Å². The third-order valence-corrected chi connectivity index (χ3v) is 13.1. The molecule has 0 aromatic carbocycles. The zero-order valence-corrected chi connectivity index (χ0v) is 33.3. The molecule has 4 aliphatic carbocycles. The van der Waals surface area contributed by atoms with Crippen molar-refractivity contribution >= 4 is 26.6 Å². The minimum Gasteiger partial charge on any atom is -0.726 e. The monoisotopic (exact) mass is 662 g/mol. The van der Waals surface area contributed by atoms with Gasteiger partial charge in [-0.05, 0) is 91.3 Å². The number of carbonyl (C=O) groups excluding carboxylic acids is 1. The standard InChI is InChI=1S/C30H50O9S2.2Na/c1-19(2)16-21(31)17-20(3)22-10-14-30(7)24-8-9-25-27(4,23(24)11-15-29(22,30)6)13-12-26(39-41(35,36)37)28(25,5)18-38-40(32,33)34;;/h19-20,22,25-26H,8-18H2,1-7H3,(H,32,33,34)(H,35,36,37);;/q;2*+1/p-2/t20-,22-,25-,26+,27-,28+,29-,30+;;/m1../s1. The summed E-state index contributed by atoms with van der Waals surface area (Å²) in [6, 6.07) is 0. The van der Waals surface area contributed by atoms with Crippen LogP contribution in [0.1, 0.15) is 113 Å².